The van der Waals surface area contributed by atoms with E-state index in [1.807, 2.05) is 24.3 Å². The molecule has 0 saturated heterocycles. The Balaban J connectivity index is 1.97. The summed E-state index contributed by atoms with van der Waals surface area (Å²) in [6.45, 7) is 0.183. The van der Waals surface area contributed by atoms with Gasteiger partial charge in [0.1, 0.15) is 6.61 Å². The highest BCUT2D eigenvalue weighted by molar-refractivity contribution is 5.97. The molecule has 30 heavy (non-hydrogen) atoms. The van der Waals surface area contributed by atoms with Crippen LogP contribution in [0.3, 0.4) is 0 Å². The summed E-state index contributed by atoms with van der Waals surface area (Å²) in [7, 11) is 7.81. The number of methoxy groups -OCH3 is 5. The molecule has 2 aromatic carbocycles. The van der Waals surface area contributed by atoms with E-state index in [1.165, 1.54) is 0 Å². The molecule has 2 aliphatic rings. The van der Waals surface area contributed by atoms with Crippen molar-refractivity contribution in [3.8, 4) is 28.7 Å². The zero-order valence-electron chi connectivity index (χ0n) is 17.5. The zero-order valence-corrected chi connectivity index (χ0v) is 17.5. The maximum Gasteiger partial charge on any atom is 0.337 e. The second kappa shape index (κ2) is 7.70. The molecule has 8 nitrogen and oxygen atoms in total. The Morgan fingerprint density at radius 3 is 2.00 bits per heavy atom. The van der Waals surface area contributed by atoms with Gasteiger partial charge in [0.25, 0.3) is 0 Å². The van der Waals surface area contributed by atoms with Crippen LogP contribution in [0.15, 0.2) is 35.5 Å². The summed E-state index contributed by atoms with van der Waals surface area (Å²) >= 11 is 0. The van der Waals surface area contributed by atoms with E-state index >= 15 is 0 Å². The monoisotopic (exact) mass is 413 g/mol. The second-order valence-corrected chi connectivity index (χ2v) is 6.78. The van der Waals surface area contributed by atoms with Gasteiger partial charge >= 0.3 is 5.97 Å². The first-order valence-corrected chi connectivity index (χ1v) is 9.29. The van der Waals surface area contributed by atoms with Crippen LogP contribution in [0.1, 0.15) is 17.0 Å². The van der Waals surface area contributed by atoms with Crippen molar-refractivity contribution in [2.45, 2.75) is 5.92 Å². The highest BCUT2D eigenvalue weighted by Crippen LogP contribution is 2.50. The van der Waals surface area contributed by atoms with E-state index in [2.05, 4.69) is 5.32 Å². The maximum absolute atomic E-state index is 12.6. The number of hydrogen-bond donors (Lipinski definition) is 1. The predicted octanol–water partition coefficient (Wildman–Crippen LogP) is 3.10. The minimum atomic E-state index is -0.417. The molecule has 8 heteroatoms. The Labute approximate surface area is 174 Å². The number of rotatable bonds is 6. The molecule has 4 rings (SSSR count). The Bertz CT molecular complexity index is 1020. The average molecular weight is 413 g/mol. The third kappa shape index (κ3) is 2.96. The number of ether oxygens (including phenoxy) is 6. The molecule has 0 unspecified atom stereocenters. The highest BCUT2D eigenvalue weighted by atomic mass is 16.5. The number of carbonyl (C=O) groups excluding carboxylic acids is 1. The molecular formula is C22H23NO7. The van der Waals surface area contributed by atoms with Crippen molar-refractivity contribution < 1.29 is 33.2 Å². The maximum atomic E-state index is 12.6. The van der Waals surface area contributed by atoms with Crippen LogP contribution in [-0.2, 0) is 9.53 Å². The molecular weight excluding hydrogens is 390 g/mol. The normalized spacial score (nSPS) is 16.8. The van der Waals surface area contributed by atoms with Crippen LogP contribution >= 0.6 is 0 Å². The lowest BCUT2D eigenvalue weighted by Gasteiger charge is -2.29. The summed E-state index contributed by atoms with van der Waals surface area (Å²) in [4.78, 5) is 12.6. The summed E-state index contributed by atoms with van der Waals surface area (Å²) < 4.78 is 32.8. The third-order valence-corrected chi connectivity index (χ3v) is 5.35. The lowest BCUT2D eigenvalue weighted by molar-refractivity contribution is -0.136. The van der Waals surface area contributed by atoms with Gasteiger partial charge in [0.2, 0.25) is 5.75 Å². The van der Waals surface area contributed by atoms with E-state index in [0.717, 1.165) is 22.5 Å². The SMILES string of the molecule is COc1cc2c(cc1OC)[C@@H](c1cc(OC)c(OC)c(OC)c1)C1=C(COC1=O)N2. The quantitative estimate of drug-likeness (QED) is 0.724. The Morgan fingerprint density at radius 2 is 1.43 bits per heavy atom. The van der Waals surface area contributed by atoms with Crippen LogP contribution < -0.4 is 29.0 Å². The van der Waals surface area contributed by atoms with Gasteiger partial charge in [-0.15, -0.1) is 0 Å². The fraction of sp³-hybridized carbons (Fsp3) is 0.318. The molecule has 1 N–H and O–H groups in total. The number of benzene rings is 2. The molecule has 2 aliphatic heterocycles. The molecule has 0 bridgehead atoms. The van der Waals surface area contributed by atoms with Gasteiger partial charge in [-0.1, -0.05) is 0 Å². The van der Waals surface area contributed by atoms with Crippen LogP contribution in [0.4, 0.5) is 5.69 Å². The van der Waals surface area contributed by atoms with Gasteiger partial charge in [-0.05, 0) is 29.3 Å². The van der Waals surface area contributed by atoms with E-state index < -0.39 is 5.92 Å². The van der Waals surface area contributed by atoms with Gasteiger partial charge in [0.15, 0.2) is 23.0 Å². The van der Waals surface area contributed by atoms with Crippen LogP contribution in [0.25, 0.3) is 0 Å². The first-order chi connectivity index (χ1) is 14.6. The van der Waals surface area contributed by atoms with Crippen LogP contribution in [-0.4, -0.2) is 48.1 Å². The fourth-order valence-electron chi connectivity index (χ4n) is 3.99. The van der Waals surface area contributed by atoms with Gasteiger partial charge in [-0.3, -0.25) is 0 Å². The summed E-state index contributed by atoms with van der Waals surface area (Å²) in [6.07, 6.45) is 0. The lowest BCUT2D eigenvalue weighted by atomic mass is 9.80. The van der Waals surface area contributed by atoms with Crippen molar-refractivity contribution in [1.29, 1.82) is 0 Å². The number of carbonyl (C=O) groups is 1. The first-order valence-electron chi connectivity index (χ1n) is 9.29. The Kier molecular flexibility index (Phi) is 5.07. The lowest BCUT2D eigenvalue weighted by Crippen LogP contribution is -2.20. The van der Waals surface area contributed by atoms with Gasteiger partial charge < -0.3 is 33.7 Å². The molecule has 158 valence electrons. The number of cyclic esters (lactones) is 1. The number of hydrogen-bond acceptors (Lipinski definition) is 8. The van der Waals surface area contributed by atoms with Crippen molar-refractivity contribution in [3.05, 3.63) is 46.7 Å². The number of anilines is 1. The van der Waals surface area contributed by atoms with Gasteiger partial charge in [-0.2, -0.15) is 0 Å². The molecule has 0 aliphatic carbocycles. The summed E-state index contributed by atoms with van der Waals surface area (Å²) in [6, 6.07) is 7.40. The Morgan fingerprint density at radius 1 is 0.833 bits per heavy atom. The first kappa shape index (κ1) is 19.8. The van der Waals surface area contributed by atoms with Gasteiger partial charge in [0, 0.05) is 17.7 Å². The predicted molar refractivity (Wildman–Crippen MR) is 109 cm³/mol. The molecule has 0 saturated carbocycles. The number of nitrogens with one attached hydrogen (secondary N) is 1. The standard InChI is InChI=1S/C22H23NO7/c1-25-15-8-12-13(9-16(15)26-2)23-14-10-30-22(24)20(14)19(12)11-6-17(27-3)21(29-5)18(7-11)28-4/h6-9,19,23H,10H2,1-5H3/t19-/m1/s1. The van der Waals surface area contributed by atoms with E-state index in [0.29, 0.717) is 34.3 Å². The van der Waals surface area contributed by atoms with Crippen LogP contribution in [0, 0.1) is 0 Å². The van der Waals surface area contributed by atoms with Crippen molar-refractivity contribution in [2.24, 2.45) is 0 Å². The van der Waals surface area contributed by atoms with Gasteiger partial charge in [-0.25, -0.2) is 4.79 Å². The van der Waals surface area contributed by atoms with Crippen molar-refractivity contribution >= 4 is 11.7 Å². The smallest absolute Gasteiger partial charge is 0.337 e. The van der Waals surface area contributed by atoms with E-state index in [4.69, 9.17) is 28.4 Å². The van der Waals surface area contributed by atoms with Crippen LogP contribution in [0.5, 0.6) is 28.7 Å². The number of fused-ring (bicyclic) bond motifs is 1. The highest BCUT2D eigenvalue weighted by Gasteiger charge is 2.39. The second-order valence-electron chi connectivity index (χ2n) is 6.78. The molecule has 0 aromatic heterocycles. The molecule has 2 heterocycles. The molecule has 0 radical (unpaired) electrons. The molecule has 0 spiro atoms. The number of esters is 1. The summed E-state index contributed by atoms with van der Waals surface area (Å²) in [5, 5.41) is 3.31. The average Bonchev–Trinajstić information content (AvgIpc) is 3.15. The topological polar surface area (TPSA) is 84.5 Å². The molecule has 1 atom stereocenters. The molecule has 0 amide bonds. The van der Waals surface area contributed by atoms with Crippen LogP contribution in [0.2, 0.25) is 0 Å². The Hall–Kier alpha value is -3.55. The molecule has 2 aromatic rings. The van der Waals surface area contributed by atoms with E-state index in [9.17, 15) is 4.79 Å². The minimum absolute atomic E-state index is 0.183. The zero-order chi connectivity index (χ0) is 21.4. The molecule has 0 fully saturated rings. The summed E-state index contributed by atoms with van der Waals surface area (Å²) in [5.74, 6) is 1.85. The van der Waals surface area contributed by atoms with Crippen molar-refractivity contribution in [3.63, 3.8) is 0 Å². The van der Waals surface area contributed by atoms with Crippen molar-refractivity contribution in [2.75, 3.05) is 47.5 Å². The van der Waals surface area contributed by atoms with Gasteiger partial charge in [0.05, 0.1) is 46.8 Å². The fourth-order valence-corrected chi connectivity index (χ4v) is 3.99. The van der Waals surface area contributed by atoms with E-state index in [1.54, 1.807) is 35.5 Å². The summed E-state index contributed by atoms with van der Waals surface area (Å²) in [5.41, 5.74) is 3.72. The largest absolute Gasteiger partial charge is 0.493 e. The third-order valence-electron chi connectivity index (χ3n) is 5.35. The van der Waals surface area contributed by atoms with E-state index in [-0.39, 0.29) is 12.6 Å². The van der Waals surface area contributed by atoms with Crippen molar-refractivity contribution in [1.82, 2.24) is 0 Å². The minimum Gasteiger partial charge on any atom is -0.493 e.